The summed E-state index contributed by atoms with van der Waals surface area (Å²) in [7, 11) is 0. The van der Waals surface area contributed by atoms with Gasteiger partial charge in [0.2, 0.25) is 4.51 Å². The molecule has 13 heavy (non-hydrogen) atoms. The lowest BCUT2D eigenvalue weighted by Crippen LogP contribution is -2.43. The molecule has 1 heterocycles. The zero-order valence-corrected chi connectivity index (χ0v) is 8.56. The van der Waals surface area contributed by atoms with Crippen molar-refractivity contribution < 1.29 is 24.9 Å². The van der Waals surface area contributed by atoms with Crippen molar-refractivity contribution in [2.75, 3.05) is 6.61 Å². The van der Waals surface area contributed by atoms with Crippen LogP contribution < -0.4 is 0 Å². The van der Waals surface area contributed by atoms with Crippen molar-refractivity contribution in [3.63, 3.8) is 0 Å². The monoisotopic (exact) mass is 254 g/mol. The molecule has 1 aliphatic rings. The van der Waals surface area contributed by atoms with Gasteiger partial charge in [0.25, 0.3) is 0 Å². The maximum Gasteiger partial charge on any atom is 0.209 e. The summed E-state index contributed by atoms with van der Waals surface area (Å²) in [4.78, 5) is 11.1. The predicted molar refractivity (Wildman–Crippen MR) is 46.3 cm³/mol. The van der Waals surface area contributed by atoms with E-state index >= 15 is 0 Å². The molecule has 1 aliphatic heterocycles. The number of alkyl halides is 1. The Morgan fingerprint density at radius 2 is 2.15 bits per heavy atom. The molecule has 0 aromatic heterocycles. The van der Waals surface area contributed by atoms with E-state index in [4.69, 9.17) is 9.84 Å². The van der Waals surface area contributed by atoms with Crippen LogP contribution in [-0.4, -0.2) is 50.5 Å². The highest BCUT2D eigenvalue weighted by Crippen LogP contribution is 2.37. The van der Waals surface area contributed by atoms with Crippen LogP contribution in [0.4, 0.5) is 0 Å². The maximum absolute atomic E-state index is 11.1. The van der Waals surface area contributed by atoms with Gasteiger partial charge < -0.3 is 20.1 Å². The molecule has 1 saturated heterocycles. The molecule has 0 spiro atoms. The van der Waals surface area contributed by atoms with Gasteiger partial charge in [-0.15, -0.1) is 0 Å². The normalized spacial score (nSPS) is 45.2. The first-order valence-electron chi connectivity index (χ1n) is 3.78. The molecule has 0 bridgehead atoms. The number of aliphatic hydroxyl groups is 3. The number of rotatable bonds is 2. The van der Waals surface area contributed by atoms with Crippen molar-refractivity contribution in [2.24, 2.45) is 0 Å². The Kier molecular flexibility index (Phi) is 3.09. The molecule has 76 valence electrons. The standard InChI is InChI=1S/C7H11BrO5/c1-3(10)7(8)6(12)5(11)4(2-9)13-7/h4-6,9,11-12H,2H2,1H3/t4-,5-,6-,7?/m1/s1. The van der Waals surface area contributed by atoms with Crippen LogP contribution in [0, 0.1) is 0 Å². The van der Waals surface area contributed by atoms with Gasteiger partial charge in [0.1, 0.15) is 18.3 Å². The molecule has 0 aromatic carbocycles. The smallest absolute Gasteiger partial charge is 0.209 e. The number of hydrogen-bond acceptors (Lipinski definition) is 5. The number of halogens is 1. The number of ether oxygens (including phenoxy) is 1. The van der Waals surface area contributed by atoms with Gasteiger partial charge in [0, 0.05) is 0 Å². The molecule has 6 heteroatoms. The summed E-state index contributed by atoms with van der Waals surface area (Å²) < 4.78 is 3.42. The number of ketones is 1. The van der Waals surface area contributed by atoms with Crippen LogP contribution in [0.5, 0.6) is 0 Å². The van der Waals surface area contributed by atoms with Crippen LogP contribution in [0.15, 0.2) is 0 Å². The van der Waals surface area contributed by atoms with Crippen LogP contribution in [0.25, 0.3) is 0 Å². The lowest BCUT2D eigenvalue weighted by molar-refractivity contribution is -0.135. The molecule has 0 radical (unpaired) electrons. The number of hydrogen-bond donors (Lipinski definition) is 3. The van der Waals surface area contributed by atoms with Crippen LogP contribution in [0.3, 0.4) is 0 Å². The highest BCUT2D eigenvalue weighted by atomic mass is 79.9. The third kappa shape index (κ3) is 1.64. The van der Waals surface area contributed by atoms with Crippen molar-refractivity contribution >= 4 is 21.7 Å². The summed E-state index contributed by atoms with van der Waals surface area (Å²) in [6.07, 6.45) is -3.55. The number of aliphatic hydroxyl groups excluding tert-OH is 3. The van der Waals surface area contributed by atoms with Gasteiger partial charge in [-0.2, -0.15) is 0 Å². The van der Waals surface area contributed by atoms with Crippen molar-refractivity contribution in [3.05, 3.63) is 0 Å². The van der Waals surface area contributed by atoms with Gasteiger partial charge in [-0.05, 0) is 22.9 Å². The largest absolute Gasteiger partial charge is 0.394 e. The third-order valence-corrected chi connectivity index (χ3v) is 3.28. The minimum Gasteiger partial charge on any atom is -0.394 e. The van der Waals surface area contributed by atoms with E-state index in [0.717, 1.165) is 0 Å². The van der Waals surface area contributed by atoms with E-state index in [1.54, 1.807) is 0 Å². The van der Waals surface area contributed by atoms with Gasteiger partial charge in [-0.3, -0.25) is 4.79 Å². The highest BCUT2D eigenvalue weighted by Gasteiger charge is 2.55. The van der Waals surface area contributed by atoms with Crippen LogP contribution in [-0.2, 0) is 9.53 Å². The molecule has 1 unspecified atom stereocenters. The second kappa shape index (κ2) is 3.62. The molecule has 1 fully saturated rings. The molecular formula is C7H11BrO5. The predicted octanol–water partition coefficient (Wildman–Crippen LogP) is -1.22. The van der Waals surface area contributed by atoms with Crippen molar-refractivity contribution in [1.82, 2.24) is 0 Å². The van der Waals surface area contributed by atoms with E-state index in [0.29, 0.717) is 0 Å². The lowest BCUT2D eigenvalue weighted by atomic mass is 10.1. The van der Waals surface area contributed by atoms with Gasteiger partial charge in [0.05, 0.1) is 6.61 Å². The Balaban J connectivity index is 2.87. The summed E-state index contributed by atoms with van der Waals surface area (Å²) >= 11 is 2.90. The Bertz CT molecular complexity index is 221. The number of carbonyl (C=O) groups is 1. The fraction of sp³-hybridized carbons (Fsp3) is 0.857. The summed E-state index contributed by atoms with van der Waals surface area (Å²) in [5.41, 5.74) is 0. The van der Waals surface area contributed by atoms with E-state index < -0.39 is 35.2 Å². The van der Waals surface area contributed by atoms with Crippen LogP contribution in [0.2, 0.25) is 0 Å². The Labute approximate surface area is 83.4 Å². The molecule has 0 saturated carbocycles. The van der Waals surface area contributed by atoms with E-state index in [2.05, 4.69) is 15.9 Å². The van der Waals surface area contributed by atoms with Crippen LogP contribution in [0.1, 0.15) is 6.92 Å². The van der Waals surface area contributed by atoms with E-state index in [1.807, 2.05) is 0 Å². The fourth-order valence-electron chi connectivity index (χ4n) is 1.22. The molecule has 0 aliphatic carbocycles. The first kappa shape index (κ1) is 11.1. The number of Topliss-reactive ketones (excluding diaryl/α,β-unsaturated/α-hetero) is 1. The quantitative estimate of drug-likeness (QED) is 0.538. The third-order valence-electron chi connectivity index (χ3n) is 2.07. The minimum absolute atomic E-state index is 0.446. The Hall–Kier alpha value is -0.0100. The zero-order chi connectivity index (χ0) is 10.2. The molecule has 1 rings (SSSR count). The van der Waals surface area contributed by atoms with E-state index in [1.165, 1.54) is 6.92 Å². The molecule has 3 N–H and O–H groups in total. The SMILES string of the molecule is CC(=O)C1(Br)O[C@H](CO)[C@@H](O)[C@H]1O. The first-order chi connectivity index (χ1) is 5.93. The highest BCUT2D eigenvalue weighted by molar-refractivity contribution is 9.10. The second-order valence-electron chi connectivity index (χ2n) is 2.98. The number of carbonyl (C=O) groups excluding carboxylic acids is 1. The van der Waals surface area contributed by atoms with Gasteiger partial charge in [-0.1, -0.05) is 0 Å². The topological polar surface area (TPSA) is 87.0 Å². The van der Waals surface area contributed by atoms with Gasteiger partial charge in [-0.25, -0.2) is 0 Å². The van der Waals surface area contributed by atoms with Gasteiger partial charge >= 0.3 is 0 Å². The molecule has 4 atom stereocenters. The molecular weight excluding hydrogens is 244 g/mol. The first-order valence-corrected chi connectivity index (χ1v) is 4.57. The fourth-order valence-corrected chi connectivity index (χ4v) is 1.73. The summed E-state index contributed by atoms with van der Waals surface area (Å²) in [6.45, 7) is 0.781. The zero-order valence-electron chi connectivity index (χ0n) is 6.98. The van der Waals surface area contributed by atoms with Gasteiger partial charge in [0.15, 0.2) is 5.78 Å². The van der Waals surface area contributed by atoms with E-state index in [9.17, 15) is 15.0 Å². The summed E-state index contributed by atoms with van der Waals surface area (Å²) in [6, 6.07) is 0. The lowest BCUT2D eigenvalue weighted by Gasteiger charge is -2.21. The van der Waals surface area contributed by atoms with E-state index in [-0.39, 0.29) is 0 Å². The van der Waals surface area contributed by atoms with Crippen molar-refractivity contribution in [2.45, 2.75) is 29.7 Å². The second-order valence-corrected chi connectivity index (χ2v) is 4.15. The summed E-state index contributed by atoms with van der Waals surface area (Å²) in [5.74, 6) is -0.449. The Morgan fingerprint density at radius 3 is 2.38 bits per heavy atom. The van der Waals surface area contributed by atoms with Crippen molar-refractivity contribution in [3.8, 4) is 0 Å². The average molecular weight is 255 g/mol. The Morgan fingerprint density at radius 1 is 1.62 bits per heavy atom. The maximum atomic E-state index is 11.1. The van der Waals surface area contributed by atoms with Crippen LogP contribution >= 0.6 is 15.9 Å². The molecule has 0 aromatic rings. The minimum atomic E-state index is -1.58. The molecule has 5 nitrogen and oxygen atoms in total. The molecule has 0 amide bonds. The van der Waals surface area contributed by atoms with Crippen molar-refractivity contribution in [1.29, 1.82) is 0 Å². The summed E-state index contributed by atoms with van der Waals surface area (Å²) in [5, 5.41) is 27.5. The average Bonchev–Trinajstić information content (AvgIpc) is 2.31.